The first kappa shape index (κ1) is 18.2. The van der Waals surface area contributed by atoms with Crippen LogP contribution < -0.4 is 10.0 Å². The Labute approximate surface area is 131 Å². The topological polar surface area (TPSA) is 80.3 Å². The molecule has 8 heteroatoms. The van der Waals surface area contributed by atoms with E-state index in [1.54, 1.807) is 0 Å². The normalized spacial score (nSPS) is 11.6. The van der Waals surface area contributed by atoms with E-state index in [0.717, 1.165) is 6.42 Å². The van der Waals surface area contributed by atoms with E-state index in [9.17, 15) is 8.42 Å². The van der Waals surface area contributed by atoms with Crippen LogP contribution in [0.25, 0.3) is 0 Å². The average Bonchev–Trinajstić information content (AvgIpc) is 2.45. The third kappa shape index (κ3) is 6.17. The molecule has 0 aliphatic rings. The number of anilines is 1. The van der Waals surface area contributed by atoms with E-state index in [2.05, 4.69) is 15.0 Å². The standard InChI is InChI=1S/C13H22ClN3O3S/c1-3-7-20-8-5-6-17-21(18,19)11-9-12(14)13(15-4-2)16-10-11/h9-10,17H,3-8H2,1-2H3,(H,15,16). The van der Waals surface area contributed by atoms with Gasteiger partial charge in [0.05, 0.1) is 5.02 Å². The molecule has 0 radical (unpaired) electrons. The third-order valence-corrected chi connectivity index (χ3v) is 4.29. The average molecular weight is 336 g/mol. The fourth-order valence-corrected chi connectivity index (χ4v) is 2.92. The molecule has 0 aliphatic heterocycles. The number of rotatable bonds is 10. The van der Waals surface area contributed by atoms with Crippen molar-refractivity contribution in [3.05, 3.63) is 17.3 Å². The van der Waals surface area contributed by atoms with E-state index in [1.165, 1.54) is 12.3 Å². The second kappa shape index (κ2) is 9.19. The summed E-state index contributed by atoms with van der Waals surface area (Å²) in [5.74, 6) is 0.478. The molecular weight excluding hydrogens is 314 g/mol. The van der Waals surface area contributed by atoms with Gasteiger partial charge < -0.3 is 10.1 Å². The van der Waals surface area contributed by atoms with Crippen molar-refractivity contribution in [2.75, 3.05) is 31.6 Å². The Morgan fingerprint density at radius 1 is 1.33 bits per heavy atom. The lowest BCUT2D eigenvalue weighted by molar-refractivity contribution is 0.133. The van der Waals surface area contributed by atoms with E-state index in [0.29, 0.717) is 38.5 Å². The minimum Gasteiger partial charge on any atom is -0.381 e. The van der Waals surface area contributed by atoms with Crippen molar-refractivity contribution in [1.82, 2.24) is 9.71 Å². The van der Waals surface area contributed by atoms with Crippen LogP contribution in [0.4, 0.5) is 5.82 Å². The molecule has 1 rings (SSSR count). The van der Waals surface area contributed by atoms with Crippen molar-refractivity contribution < 1.29 is 13.2 Å². The van der Waals surface area contributed by atoms with Crippen molar-refractivity contribution in [2.24, 2.45) is 0 Å². The Kier molecular flexibility index (Phi) is 7.95. The molecule has 0 aromatic carbocycles. The van der Waals surface area contributed by atoms with Crippen LogP contribution in [-0.2, 0) is 14.8 Å². The molecule has 0 spiro atoms. The molecule has 0 bridgehead atoms. The summed E-state index contributed by atoms with van der Waals surface area (Å²) >= 11 is 6.00. The molecule has 120 valence electrons. The van der Waals surface area contributed by atoms with Crippen LogP contribution in [0.2, 0.25) is 5.02 Å². The number of pyridine rings is 1. The van der Waals surface area contributed by atoms with Crippen LogP contribution in [0.3, 0.4) is 0 Å². The second-order valence-electron chi connectivity index (χ2n) is 4.40. The summed E-state index contributed by atoms with van der Waals surface area (Å²) in [6, 6.07) is 1.39. The highest BCUT2D eigenvalue weighted by Gasteiger charge is 2.15. The number of hydrogen-bond donors (Lipinski definition) is 2. The monoisotopic (exact) mass is 335 g/mol. The Hall–Kier alpha value is -0.890. The van der Waals surface area contributed by atoms with Gasteiger partial charge in [0.2, 0.25) is 10.0 Å². The third-order valence-electron chi connectivity index (χ3n) is 2.58. The molecule has 6 nitrogen and oxygen atoms in total. The van der Waals surface area contributed by atoms with Gasteiger partial charge in [-0.25, -0.2) is 18.1 Å². The van der Waals surface area contributed by atoms with Crippen LogP contribution in [0.1, 0.15) is 26.7 Å². The zero-order valence-electron chi connectivity index (χ0n) is 12.4. The number of halogens is 1. The van der Waals surface area contributed by atoms with Crippen molar-refractivity contribution in [1.29, 1.82) is 0 Å². The van der Waals surface area contributed by atoms with Gasteiger partial charge in [0.25, 0.3) is 0 Å². The van der Waals surface area contributed by atoms with Gasteiger partial charge >= 0.3 is 0 Å². The zero-order valence-corrected chi connectivity index (χ0v) is 13.9. The smallest absolute Gasteiger partial charge is 0.242 e. The molecule has 21 heavy (non-hydrogen) atoms. The number of nitrogens with zero attached hydrogens (tertiary/aromatic N) is 1. The van der Waals surface area contributed by atoms with E-state index in [1.807, 2.05) is 13.8 Å². The van der Waals surface area contributed by atoms with Crippen molar-refractivity contribution >= 4 is 27.4 Å². The predicted molar refractivity (Wildman–Crippen MR) is 84.3 cm³/mol. The largest absolute Gasteiger partial charge is 0.381 e. The molecule has 0 saturated carbocycles. The summed E-state index contributed by atoms with van der Waals surface area (Å²) in [6.45, 7) is 6.14. The molecular formula is C13H22ClN3O3S. The molecule has 0 fully saturated rings. The number of aromatic nitrogens is 1. The minimum absolute atomic E-state index is 0.0589. The maximum absolute atomic E-state index is 12.1. The maximum Gasteiger partial charge on any atom is 0.242 e. The summed E-state index contributed by atoms with van der Waals surface area (Å²) < 4.78 is 31.9. The highest BCUT2D eigenvalue weighted by atomic mass is 35.5. The first-order valence-electron chi connectivity index (χ1n) is 6.98. The lowest BCUT2D eigenvalue weighted by atomic mass is 10.4. The highest BCUT2D eigenvalue weighted by Crippen LogP contribution is 2.22. The maximum atomic E-state index is 12.1. The Balaban J connectivity index is 2.56. The van der Waals surface area contributed by atoms with Crippen molar-refractivity contribution in [2.45, 2.75) is 31.6 Å². The predicted octanol–water partition coefficient (Wildman–Crippen LogP) is 2.26. The van der Waals surface area contributed by atoms with Gasteiger partial charge in [0, 0.05) is 32.5 Å². The van der Waals surface area contributed by atoms with Gasteiger partial charge in [-0.2, -0.15) is 0 Å². The number of sulfonamides is 1. The lowest BCUT2D eigenvalue weighted by Crippen LogP contribution is -2.25. The SMILES string of the molecule is CCCOCCCNS(=O)(=O)c1cnc(NCC)c(Cl)c1. The molecule has 1 aromatic heterocycles. The summed E-state index contributed by atoms with van der Waals surface area (Å²) in [7, 11) is -3.59. The van der Waals surface area contributed by atoms with Crippen molar-refractivity contribution in [3.63, 3.8) is 0 Å². The van der Waals surface area contributed by atoms with Gasteiger partial charge in [-0.05, 0) is 25.8 Å². The highest BCUT2D eigenvalue weighted by molar-refractivity contribution is 7.89. The fraction of sp³-hybridized carbons (Fsp3) is 0.615. The summed E-state index contributed by atoms with van der Waals surface area (Å²) in [5, 5.41) is 3.23. The molecule has 0 amide bonds. The first-order valence-corrected chi connectivity index (χ1v) is 8.84. The van der Waals surface area contributed by atoms with Gasteiger partial charge in [-0.1, -0.05) is 18.5 Å². The van der Waals surface area contributed by atoms with E-state index >= 15 is 0 Å². The molecule has 0 aliphatic carbocycles. The first-order chi connectivity index (χ1) is 10.0. The van der Waals surface area contributed by atoms with E-state index in [-0.39, 0.29) is 9.92 Å². The Morgan fingerprint density at radius 3 is 2.71 bits per heavy atom. The number of ether oxygens (including phenoxy) is 1. The lowest BCUT2D eigenvalue weighted by Gasteiger charge is -2.09. The van der Waals surface area contributed by atoms with Gasteiger partial charge in [-0.15, -0.1) is 0 Å². The van der Waals surface area contributed by atoms with Crippen LogP contribution in [0.15, 0.2) is 17.2 Å². The number of nitrogens with one attached hydrogen (secondary N) is 2. The van der Waals surface area contributed by atoms with E-state index < -0.39 is 10.0 Å². The molecule has 2 N–H and O–H groups in total. The van der Waals surface area contributed by atoms with Gasteiger partial charge in [-0.3, -0.25) is 0 Å². The van der Waals surface area contributed by atoms with Crippen LogP contribution in [-0.4, -0.2) is 39.7 Å². The molecule has 0 unspecified atom stereocenters. The van der Waals surface area contributed by atoms with Gasteiger partial charge in [0.1, 0.15) is 10.7 Å². The van der Waals surface area contributed by atoms with Crippen LogP contribution >= 0.6 is 11.6 Å². The summed E-state index contributed by atoms with van der Waals surface area (Å²) in [4.78, 5) is 4.08. The molecule has 1 heterocycles. The zero-order chi connectivity index (χ0) is 15.7. The minimum atomic E-state index is -3.59. The quantitative estimate of drug-likeness (QED) is 0.641. The Bertz CT molecular complexity index is 537. The molecule has 1 aromatic rings. The second-order valence-corrected chi connectivity index (χ2v) is 6.57. The Morgan fingerprint density at radius 2 is 2.10 bits per heavy atom. The van der Waals surface area contributed by atoms with Gasteiger partial charge in [0.15, 0.2) is 0 Å². The molecule has 0 saturated heterocycles. The van der Waals surface area contributed by atoms with Crippen molar-refractivity contribution in [3.8, 4) is 0 Å². The van der Waals surface area contributed by atoms with Crippen LogP contribution in [0.5, 0.6) is 0 Å². The number of hydrogen-bond acceptors (Lipinski definition) is 5. The summed E-state index contributed by atoms with van der Waals surface area (Å²) in [5.41, 5.74) is 0. The summed E-state index contributed by atoms with van der Waals surface area (Å²) in [6.07, 6.45) is 2.86. The fourth-order valence-electron chi connectivity index (χ4n) is 1.58. The van der Waals surface area contributed by atoms with Crippen LogP contribution in [0, 0.1) is 0 Å². The van der Waals surface area contributed by atoms with E-state index in [4.69, 9.17) is 16.3 Å². The molecule has 0 atom stereocenters.